The number of nitrogens with one attached hydrogen (secondary N) is 2. The first-order valence-electron chi connectivity index (χ1n) is 9.26. The molecule has 10 nitrogen and oxygen atoms in total. The van der Waals surface area contributed by atoms with Crippen molar-refractivity contribution < 1.29 is 14.3 Å². The average Bonchev–Trinajstić information content (AvgIpc) is 2.67. The van der Waals surface area contributed by atoms with E-state index in [1.54, 1.807) is 6.07 Å². The van der Waals surface area contributed by atoms with E-state index in [0.29, 0.717) is 24.3 Å². The summed E-state index contributed by atoms with van der Waals surface area (Å²) in [5.74, 6) is 0.0870. The molecule has 160 valence electrons. The van der Waals surface area contributed by atoms with E-state index in [1.165, 1.54) is 19.3 Å². The van der Waals surface area contributed by atoms with E-state index in [2.05, 4.69) is 25.6 Å². The van der Waals surface area contributed by atoms with Crippen molar-refractivity contribution in [2.75, 3.05) is 16.4 Å². The van der Waals surface area contributed by atoms with E-state index in [9.17, 15) is 9.18 Å². The fourth-order valence-corrected chi connectivity index (χ4v) is 2.48. The Morgan fingerprint density at radius 1 is 1.43 bits per heavy atom. The predicted molar refractivity (Wildman–Crippen MR) is 111 cm³/mol. The number of nitrogen functional groups attached to an aromatic ring is 1. The van der Waals surface area contributed by atoms with Crippen molar-refractivity contribution in [3.63, 3.8) is 0 Å². The maximum absolute atomic E-state index is 12.0. The Morgan fingerprint density at radius 2 is 2.10 bits per heavy atom. The molecule has 1 aliphatic carbocycles. The van der Waals surface area contributed by atoms with Crippen molar-refractivity contribution in [3.8, 4) is 6.07 Å². The molecule has 30 heavy (non-hydrogen) atoms. The molecule has 7 N–H and O–H groups in total. The van der Waals surface area contributed by atoms with Gasteiger partial charge in [0.25, 0.3) is 5.91 Å². The number of carbonyl (C=O) groups excluding carboxylic acids is 1. The zero-order chi connectivity index (χ0) is 22.5. The average molecular weight is 416 g/mol. The minimum atomic E-state index is -0.986. The molecule has 3 rings (SSSR count). The number of hydrogen-bond donors (Lipinski definition) is 5. The van der Waals surface area contributed by atoms with Gasteiger partial charge in [-0.2, -0.15) is 10.2 Å². The Balaban J connectivity index is 0.000000386. The van der Waals surface area contributed by atoms with Crippen molar-refractivity contribution >= 4 is 29.2 Å². The van der Waals surface area contributed by atoms with E-state index in [1.807, 2.05) is 19.9 Å². The van der Waals surface area contributed by atoms with Crippen LogP contribution in [0.15, 0.2) is 18.5 Å². The number of nitriles is 1. The molecule has 2 atom stereocenters. The summed E-state index contributed by atoms with van der Waals surface area (Å²) in [5.41, 5.74) is 11.0. The summed E-state index contributed by atoms with van der Waals surface area (Å²) in [6, 6.07) is 3.61. The molecule has 2 heterocycles. The summed E-state index contributed by atoms with van der Waals surface area (Å²) in [6.45, 7) is 5.40. The molecular weight excluding hydrogens is 391 g/mol. The lowest BCUT2D eigenvalue weighted by Crippen LogP contribution is -2.45. The van der Waals surface area contributed by atoms with E-state index in [0.717, 1.165) is 0 Å². The number of primary amides is 1. The number of nitrogens with two attached hydrogens (primary N) is 2. The van der Waals surface area contributed by atoms with Crippen LogP contribution in [0.5, 0.6) is 0 Å². The number of pyridine rings is 1. The van der Waals surface area contributed by atoms with Crippen LogP contribution in [-0.4, -0.2) is 43.8 Å². The number of carbonyl (C=O) groups is 1. The van der Waals surface area contributed by atoms with Crippen LogP contribution in [0.4, 0.5) is 27.7 Å². The van der Waals surface area contributed by atoms with Crippen LogP contribution in [0.3, 0.4) is 0 Å². The number of anilines is 4. The number of amides is 1. The molecule has 0 bridgehead atoms. The first-order valence-corrected chi connectivity index (χ1v) is 9.26. The van der Waals surface area contributed by atoms with Gasteiger partial charge in [-0.05, 0) is 33.6 Å². The van der Waals surface area contributed by atoms with Gasteiger partial charge < -0.3 is 27.2 Å². The fraction of sp³-hybridized carbons (Fsp3) is 0.421. The monoisotopic (exact) mass is 416 g/mol. The summed E-state index contributed by atoms with van der Waals surface area (Å²) in [7, 11) is 0. The van der Waals surface area contributed by atoms with Gasteiger partial charge in [-0.15, -0.1) is 0 Å². The zero-order valence-electron chi connectivity index (χ0n) is 17.0. The normalized spacial score (nSPS) is 19.7. The number of nitrogens with zero attached hydrogens (tertiary/aromatic N) is 4. The van der Waals surface area contributed by atoms with Gasteiger partial charge in [0.15, 0.2) is 0 Å². The van der Waals surface area contributed by atoms with Crippen LogP contribution < -0.4 is 22.1 Å². The van der Waals surface area contributed by atoms with Crippen LogP contribution in [-0.2, 0) is 0 Å². The molecule has 2 aromatic heterocycles. The molecule has 1 amide bonds. The lowest BCUT2D eigenvalue weighted by Gasteiger charge is -2.36. The standard InChI is InChI=1S/C14H16N8O.C5H9FO/c1-7(2)20-10-3-11(18-6-9(10)13(17)23)21-14-19-5-8(4-15)12(16)22-14;1-5(7)3-2-4(5)6/h3,5-7H,1-2H3,(H2,17,23)(H4,16,18,19,20,21,22);4,7H,2-3H2,1H3/t;4-,5?/m.1/s1. The topological polar surface area (TPSA) is 176 Å². The zero-order valence-corrected chi connectivity index (χ0v) is 17.0. The summed E-state index contributed by atoms with van der Waals surface area (Å²) in [4.78, 5) is 23.5. The minimum Gasteiger partial charge on any atom is -0.387 e. The number of hydrogen-bond acceptors (Lipinski definition) is 9. The Hall–Kier alpha value is -3.52. The van der Waals surface area contributed by atoms with Crippen LogP contribution in [0.25, 0.3) is 0 Å². The van der Waals surface area contributed by atoms with Gasteiger partial charge in [0.2, 0.25) is 5.95 Å². The Morgan fingerprint density at radius 3 is 2.53 bits per heavy atom. The van der Waals surface area contributed by atoms with Crippen LogP contribution in [0.1, 0.15) is 49.5 Å². The van der Waals surface area contributed by atoms with Crippen LogP contribution >= 0.6 is 0 Å². The number of alkyl halides is 1. The van der Waals surface area contributed by atoms with E-state index in [-0.39, 0.29) is 28.9 Å². The number of rotatable bonds is 5. The second-order valence-corrected chi connectivity index (χ2v) is 7.37. The molecule has 2 aromatic rings. The summed E-state index contributed by atoms with van der Waals surface area (Å²) in [5, 5.41) is 23.6. The van der Waals surface area contributed by atoms with Crippen LogP contribution in [0, 0.1) is 11.3 Å². The van der Waals surface area contributed by atoms with Gasteiger partial charge >= 0.3 is 0 Å². The SMILES string of the molecule is CC(C)Nc1cc(Nc2ncc(C#N)c(N)n2)ncc1C(N)=O.CC1(O)CC[C@H]1F. The summed E-state index contributed by atoms with van der Waals surface area (Å²) < 4.78 is 12.0. The van der Waals surface area contributed by atoms with Crippen molar-refractivity contribution in [3.05, 3.63) is 29.6 Å². The largest absolute Gasteiger partial charge is 0.387 e. The third-order valence-electron chi connectivity index (χ3n) is 4.37. The van der Waals surface area contributed by atoms with E-state index >= 15 is 0 Å². The van der Waals surface area contributed by atoms with Gasteiger partial charge in [0.1, 0.15) is 29.4 Å². The summed E-state index contributed by atoms with van der Waals surface area (Å²) >= 11 is 0. The van der Waals surface area contributed by atoms with Crippen molar-refractivity contribution in [1.29, 1.82) is 5.26 Å². The van der Waals surface area contributed by atoms with Gasteiger partial charge in [-0.1, -0.05) is 0 Å². The van der Waals surface area contributed by atoms with E-state index in [4.69, 9.17) is 21.8 Å². The molecular formula is C19H25FN8O2. The molecule has 1 unspecified atom stereocenters. The van der Waals surface area contributed by atoms with Gasteiger partial charge in [-0.3, -0.25) is 4.79 Å². The highest BCUT2D eigenvalue weighted by atomic mass is 19.1. The maximum atomic E-state index is 12.0. The van der Waals surface area contributed by atoms with Crippen molar-refractivity contribution in [2.24, 2.45) is 5.73 Å². The first-order chi connectivity index (χ1) is 14.0. The molecule has 0 spiro atoms. The number of aromatic nitrogens is 3. The lowest BCUT2D eigenvalue weighted by molar-refractivity contribution is -0.0919. The fourth-order valence-electron chi connectivity index (χ4n) is 2.48. The molecule has 0 saturated heterocycles. The minimum absolute atomic E-state index is 0.0688. The highest BCUT2D eigenvalue weighted by Gasteiger charge is 2.41. The quantitative estimate of drug-likeness (QED) is 0.487. The third kappa shape index (κ3) is 5.74. The lowest BCUT2D eigenvalue weighted by atomic mass is 9.80. The van der Waals surface area contributed by atoms with E-state index < -0.39 is 17.7 Å². The Kier molecular flexibility index (Phi) is 7.07. The highest BCUT2D eigenvalue weighted by Crippen LogP contribution is 2.33. The smallest absolute Gasteiger partial charge is 0.252 e. The second kappa shape index (κ2) is 9.32. The maximum Gasteiger partial charge on any atom is 0.252 e. The third-order valence-corrected chi connectivity index (χ3v) is 4.37. The van der Waals surface area contributed by atoms with Gasteiger partial charge in [0.05, 0.1) is 23.0 Å². The molecule has 1 aliphatic rings. The molecule has 0 aliphatic heterocycles. The van der Waals surface area contributed by atoms with Gasteiger partial charge in [-0.25, -0.2) is 14.4 Å². The van der Waals surface area contributed by atoms with Crippen LogP contribution in [0.2, 0.25) is 0 Å². The van der Waals surface area contributed by atoms with Crippen molar-refractivity contribution in [1.82, 2.24) is 15.0 Å². The molecule has 0 aromatic carbocycles. The molecule has 1 saturated carbocycles. The molecule has 0 radical (unpaired) electrons. The number of aliphatic hydroxyl groups is 1. The highest BCUT2D eigenvalue weighted by molar-refractivity contribution is 5.98. The first kappa shape index (κ1) is 22.8. The molecule has 11 heteroatoms. The Bertz CT molecular complexity index is 958. The predicted octanol–water partition coefficient (Wildman–Crippen LogP) is 1.86. The van der Waals surface area contributed by atoms with Crippen molar-refractivity contribution in [2.45, 2.75) is 51.4 Å². The molecule has 1 fully saturated rings. The number of halogens is 1. The summed E-state index contributed by atoms with van der Waals surface area (Å²) in [6.07, 6.45) is 2.87. The van der Waals surface area contributed by atoms with Gasteiger partial charge in [0, 0.05) is 18.3 Å². The second-order valence-electron chi connectivity index (χ2n) is 7.37. The Labute approximate surface area is 173 Å².